The molecule has 1 aliphatic rings. The Morgan fingerprint density at radius 2 is 1.62 bits per heavy atom. The quantitative estimate of drug-likeness (QED) is 0.420. The van der Waals surface area contributed by atoms with E-state index in [9.17, 15) is 14.7 Å². The van der Waals surface area contributed by atoms with Crippen molar-refractivity contribution in [3.8, 4) is 5.75 Å². The first kappa shape index (κ1) is 18.4. The van der Waals surface area contributed by atoms with E-state index >= 15 is 0 Å². The second-order valence-corrected chi connectivity index (χ2v) is 6.51. The van der Waals surface area contributed by atoms with E-state index in [0.717, 1.165) is 5.56 Å². The Balaban J connectivity index is 1.91. The summed E-state index contributed by atoms with van der Waals surface area (Å²) in [6.45, 7) is 0. The van der Waals surface area contributed by atoms with Crippen LogP contribution in [0.5, 0.6) is 5.75 Å². The third kappa shape index (κ3) is 3.25. The van der Waals surface area contributed by atoms with E-state index in [0.29, 0.717) is 17.0 Å². The normalized spacial score (nSPS) is 18.1. The zero-order valence-electron chi connectivity index (χ0n) is 15.6. The first-order valence-electron chi connectivity index (χ1n) is 9.02. The van der Waals surface area contributed by atoms with Crippen LogP contribution < -0.4 is 9.64 Å². The second kappa shape index (κ2) is 7.59. The largest absolute Gasteiger partial charge is 0.507 e. The summed E-state index contributed by atoms with van der Waals surface area (Å²) in [6.07, 6.45) is 3.04. The van der Waals surface area contributed by atoms with Crippen molar-refractivity contribution < 1.29 is 19.4 Å². The van der Waals surface area contributed by atoms with E-state index in [1.165, 1.54) is 17.3 Å². The highest BCUT2D eigenvalue weighted by Crippen LogP contribution is 2.42. The molecule has 1 aliphatic heterocycles. The van der Waals surface area contributed by atoms with Crippen LogP contribution in [0, 0.1) is 0 Å². The number of aromatic nitrogens is 1. The van der Waals surface area contributed by atoms with E-state index in [-0.39, 0.29) is 11.3 Å². The molecule has 3 aromatic rings. The van der Waals surface area contributed by atoms with Crippen molar-refractivity contribution in [3.05, 3.63) is 95.8 Å². The Kier molecular flexibility index (Phi) is 4.83. The lowest BCUT2D eigenvalue weighted by molar-refractivity contribution is -0.132. The van der Waals surface area contributed by atoms with Crippen molar-refractivity contribution in [1.82, 2.24) is 4.98 Å². The second-order valence-electron chi connectivity index (χ2n) is 6.51. The summed E-state index contributed by atoms with van der Waals surface area (Å²) >= 11 is 0. The number of carbonyl (C=O) groups is 2. The van der Waals surface area contributed by atoms with Gasteiger partial charge in [0.05, 0.1) is 18.7 Å². The standard InChI is InChI=1S/C23H18N2O4/c1-29-18-9-7-17(8-10-18)25-20(15-5-3-2-4-6-15)19(22(27)23(25)28)21(26)16-11-13-24-14-12-16/h2-14,20,26H,1H3/b21-19-. The lowest BCUT2D eigenvalue weighted by Crippen LogP contribution is -2.29. The molecule has 1 fully saturated rings. The number of ether oxygens (including phenoxy) is 1. The molecule has 144 valence electrons. The van der Waals surface area contributed by atoms with Gasteiger partial charge in [0, 0.05) is 23.6 Å². The van der Waals surface area contributed by atoms with Gasteiger partial charge in [-0.25, -0.2) is 0 Å². The van der Waals surface area contributed by atoms with Crippen molar-refractivity contribution in [2.45, 2.75) is 6.04 Å². The molecule has 1 amide bonds. The van der Waals surface area contributed by atoms with Crippen LogP contribution in [0.4, 0.5) is 5.69 Å². The average Bonchev–Trinajstić information content (AvgIpc) is 3.05. The Bertz CT molecular complexity index is 1080. The third-order valence-electron chi connectivity index (χ3n) is 4.86. The fourth-order valence-electron chi connectivity index (χ4n) is 3.46. The molecule has 0 bridgehead atoms. The van der Waals surface area contributed by atoms with Gasteiger partial charge in [0.15, 0.2) is 0 Å². The molecule has 1 aromatic heterocycles. The molecule has 0 saturated carbocycles. The van der Waals surface area contributed by atoms with Crippen LogP contribution in [0.1, 0.15) is 17.2 Å². The molecule has 2 aromatic carbocycles. The van der Waals surface area contributed by atoms with Crippen LogP contribution in [0.25, 0.3) is 5.76 Å². The number of Topliss-reactive ketones (excluding diaryl/α,β-unsaturated/α-hetero) is 1. The Hall–Kier alpha value is -3.93. The highest BCUT2D eigenvalue weighted by molar-refractivity contribution is 6.51. The molecule has 0 spiro atoms. The van der Waals surface area contributed by atoms with Gasteiger partial charge in [-0.3, -0.25) is 19.5 Å². The minimum Gasteiger partial charge on any atom is -0.507 e. The molecule has 6 heteroatoms. The van der Waals surface area contributed by atoms with Gasteiger partial charge in [-0.15, -0.1) is 0 Å². The number of aliphatic hydroxyl groups excluding tert-OH is 1. The monoisotopic (exact) mass is 386 g/mol. The van der Waals surface area contributed by atoms with Gasteiger partial charge in [-0.05, 0) is 42.0 Å². The van der Waals surface area contributed by atoms with Gasteiger partial charge >= 0.3 is 0 Å². The smallest absolute Gasteiger partial charge is 0.300 e. The molecule has 2 heterocycles. The molecule has 0 aliphatic carbocycles. The molecule has 6 nitrogen and oxygen atoms in total. The van der Waals surface area contributed by atoms with Gasteiger partial charge in [-0.2, -0.15) is 0 Å². The minimum absolute atomic E-state index is 0.0446. The Morgan fingerprint density at radius 1 is 0.966 bits per heavy atom. The number of aliphatic hydroxyl groups is 1. The van der Waals surface area contributed by atoms with Gasteiger partial charge in [0.25, 0.3) is 11.7 Å². The molecular weight excluding hydrogens is 368 g/mol. The highest BCUT2D eigenvalue weighted by atomic mass is 16.5. The van der Waals surface area contributed by atoms with Gasteiger partial charge in [0.2, 0.25) is 0 Å². The summed E-state index contributed by atoms with van der Waals surface area (Å²) in [6, 6.07) is 18.5. The number of methoxy groups -OCH3 is 1. The van der Waals surface area contributed by atoms with Crippen molar-refractivity contribution >= 4 is 23.1 Å². The maximum absolute atomic E-state index is 13.0. The fourth-order valence-corrected chi connectivity index (χ4v) is 3.46. The average molecular weight is 386 g/mol. The Morgan fingerprint density at radius 3 is 2.24 bits per heavy atom. The highest BCUT2D eigenvalue weighted by Gasteiger charge is 2.46. The number of carbonyl (C=O) groups excluding carboxylic acids is 2. The van der Waals surface area contributed by atoms with E-state index in [1.54, 1.807) is 43.5 Å². The lowest BCUT2D eigenvalue weighted by atomic mass is 9.95. The molecule has 1 saturated heterocycles. The summed E-state index contributed by atoms with van der Waals surface area (Å²) in [4.78, 5) is 31.3. The summed E-state index contributed by atoms with van der Waals surface area (Å²) in [5.41, 5.74) is 1.73. The van der Waals surface area contributed by atoms with Gasteiger partial charge in [0.1, 0.15) is 11.5 Å². The van der Waals surface area contributed by atoms with Crippen LogP contribution in [0.3, 0.4) is 0 Å². The van der Waals surface area contributed by atoms with Crippen molar-refractivity contribution in [2.24, 2.45) is 0 Å². The molecule has 0 radical (unpaired) electrons. The van der Waals surface area contributed by atoms with Gasteiger partial charge in [-0.1, -0.05) is 30.3 Å². The maximum atomic E-state index is 13.0. The number of anilines is 1. The molecule has 1 unspecified atom stereocenters. The maximum Gasteiger partial charge on any atom is 0.300 e. The number of ketones is 1. The van der Waals surface area contributed by atoms with Crippen molar-refractivity contribution in [1.29, 1.82) is 0 Å². The number of benzene rings is 2. The molecular formula is C23H18N2O4. The number of amides is 1. The third-order valence-corrected chi connectivity index (χ3v) is 4.86. The number of rotatable bonds is 4. The number of nitrogens with zero attached hydrogens (tertiary/aromatic N) is 2. The van der Waals surface area contributed by atoms with E-state index in [1.807, 2.05) is 30.3 Å². The number of hydrogen-bond donors (Lipinski definition) is 1. The molecule has 1 atom stereocenters. The van der Waals surface area contributed by atoms with Gasteiger partial charge < -0.3 is 9.84 Å². The first-order valence-corrected chi connectivity index (χ1v) is 9.02. The summed E-state index contributed by atoms with van der Waals surface area (Å²) < 4.78 is 5.18. The van der Waals surface area contributed by atoms with Crippen LogP contribution in [0.2, 0.25) is 0 Å². The predicted octanol–water partition coefficient (Wildman–Crippen LogP) is 3.72. The fraction of sp³-hybridized carbons (Fsp3) is 0.0870. The van der Waals surface area contributed by atoms with Crippen molar-refractivity contribution in [2.75, 3.05) is 12.0 Å². The summed E-state index contributed by atoms with van der Waals surface area (Å²) in [5, 5.41) is 10.9. The minimum atomic E-state index is -0.752. The number of hydrogen-bond acceptors (Lipinski definition) is 5. The topological polar surface area (TPSA) is 79.7 Å². The predicted molar refractivity (Wildman–Crippen MR) is 108 cm³/mol. The zero-order chi connectivity index (χ0) is 20.4. The zero-order valence-corrected chi connectivity index (χ0v) is 15.6. The van der Waals surface area contributed by atoms with E-state index in [4.69, 9.17) is 4.74 Å². The van der Waals surface area contributed by atoms with E-state index in [2.05, 4.69) is 4.98 Å². The SMILES string of the molecule is COc1ccc(N2C(=O)C(=O)/C(=C(\O)c3ccncc3)C2c2ccccc2)cc1. The van der Waals surface area contributed by atoms with Crippen molar-refractivity contribution in [3.63, 3.8) is 0 Å². The van der Waals surface area contributed by atoms with E-state index < -0.39 is 17.7 Å². The summed E-state index contributed by atoms with van der Waals surface area (Å²) in [5.74, 6) is -1.02. The lowest BCUT2D eigenvalue weighted by Gasteiger charge is -2.25. The molecule has 29 heavy (non-hydrogen) atoms. The summed E-state index contributed by atoms with van der Waals surface area (Å²) in [7, 11) is 1.56. The van der Waals surface area contributed by atoms with Crippen LogP contribution in [0.15, 0.2) is 84.7 Å². The molecule has 1 N–H and O–H groups in total. The van der Waals surface area contributed by atoms with Crippen LogP contribution in [-0.4, -0.2) is 28.9 Å². The number of pyridine rings is 1. The first-order chi connectivity index (χ1) is 14.1. The van der Waals surface area contributed by atoms with Crippen LogP contribution in [-0.2, 0) is 9.59 Å². The Labute approximate surface area is 167 Å². The van der Waals surface area contributed by atoms with Crippen LogP contribution >= 0.6 is 0 Å². The molecule has 4 rings (SSSR count).